The van der Waals surface area contributed by atoms with E-state index >= 15 is 0 Å². The molecule has 1 unspecified atom stereocenters. The number of hydrogen-bond donors (Lipinski definition) is 2. The summed E-state index contributed by atoms with van der Waals surface area (Å²) in [6.07, 6.45) is 0. The van der Waals surface area contributed by atoms with Crippen molar-refractivity contribution in [3.63, 3.8) is 0 Å². The van der Waals surface area contributed by atoms with Crippen molar-refractivity contribution in [2.24, 2.45) is 0 Å². The van der Waals surface area contributed by atoms with Crippen molar-refractivity contribution in [3.05, 3.63) is 34.1 Å². The number of aliphatic hydroxyl groups excluding tert-OH is 1. The van der Waals surface area contributed by atoms with E-state index < -0.39 is 17.4 Å². The van der Waals surface area contributed by atoms with Gasteiger partial charge in [-0.3, -0.25) is 0 Å². The molecule has 94 valence electrons. The summed E-state index contributed by atoms with van der Waals surface area (Å²) in [5, 5.41) is 17.8. The van der Waals surface area contributed by atoms with Gasteiger partial charge >= 0.3 is 5.97 Å². The summed E-state index contributed by atoms with van der Waals surface area (Å²) in [7, 11) is 0. The Labute approximate surface area is 106 Å². The lowest BCUT2D eigenvalue weighted by Crippen LogP contribution is -2.37. The van der Waals surface area contributed by atoms with Crippen LogP contribution in [-0.2, 0) is 15.1 Å². The van der Waals surface area contributed by atoms with Crippen molar-refractivity contribution in [2.45, 2.75) is 12.5 Å². The maximum Gasteiger partial charge on any atom is 0.340 e. The molecule has 0 aromatic heterocycles. The lowest BCUT2D eigenvalue weighted by Gasteiger charge is -2.26. The molecule has 0 spiro atoms. The van der Waals surface area contributed by atoms with E-state index in [4.69, 9.17) is 14.9 Å². The molecule has 0 saturated carbocycles. The van der Waals surface area contributed by atoms with Crippen LogP contribution in [0, 0.1) is 5.82 Å². The monoisotopic (exact) mass is 306 g/mol. The summed E-state index contributed by atoms with van der Waals surface area (Å²) in [5.74, 6) is -1.99. The standard InChI is InChI=1S/C11H12BrFO4/c1-11(10(15)16,17-5-4-14)8-6-7(12)2-3-9(8)13/h2-3,6,14H,4-5H2,1H3,(H,15,16). The fourth-order valence-corrected chi connectivity index (χ4v) is 1.73. The van der Waals surface area contributed by atoms with Crippen LogP contribution in [0.15, 0.2) is 22.7 Å². The molecule has 0 aliphatic heterocycles. The number of carbonyl (C=O) groups is 1. The highest BCUT2D eigenvalue weighted by atomic mass is 79.9. The molecule has 2 N–H and O–H groups in total. The normalized spacial score (nSPS) is 14.4. The molecule has 4 nitrogen and oxygen atoms in total. The molecule has 1 aromatic carbocycles. The van der Waals surface area contributed by atoms with Crippen LogP contribution in [0.2, 0.25) is 0 Å². The first kappa shape index (κ1) is 14.1. The van der Waals surface area contributed by atoms with Crippen LogP contribution in [0.1, 0.15) is 12.5 Å². The Morgan fingerprint density at radius 2 is 2.24 bits per heavy atom. The fraction of sp³-hybridized carbons (Fsp3) is 0.364. The van der Waals surface area contributed by atoms with Gasteiger partial charge in [-0.2, -0.15) is 0 Å². The van der Waals surface area contributed by atoms with E-state index in [9.17, 15) is 9.18 Å². The highest BCUT2D eigenvalue weighted by Crippen LogP contribution is 2.30. The minimum atomic E-state index is -1.82. The molecule has 1 aromatic rings. The van der Waals surface area contributed by atoms with Gasteiger partial charge in [-0.25, -0.2) is 9.18 Å². The molecule has 1 rings (SSSR count). The zero-order valence-electron chi connectivity index (χ0n) is 9.11. The van der Waals surface area contributed by atoms with Gasteiger partial charge in [-0.15, -0.1) is 0 Å². The first-order chi connectivity index (χ1) is 7.91. The van der Waals surface area contributed by atoms with Crippen LogP contribution >= 0.6 is 15.9 Å². The Morgan fingerprint density at radius 1 is 1.59 bits per heavy atom. The highest BCUT2D eigenvalue weighted by molar-refractivity contribution is 9.10. The van der Waals surface area contributed by atoms with Crippen molar-refractivity contribution in [3.8, 4) is 0 Å². The van der Waals surface area contributed by atoms with Gasteiger partial charge in [0, 0.05) is 10.0 Å². The molecule has 17 heavy (non-hydrogen) atoms. The molecule has 0 aliphatic rings. The first-order valence-corrected chi connectivity index (χ1v) is 5.65. The van der Waals surface area contributed by atoms with Crippen LogP contribution in [0.5, 0.6) is 0 Å². The zero-order chi connectivity index (χ0) is 13.1. The molecule has 1 atom stereocenters. The molecule has 0 aliphatic carbocycles. The summed E-state index contributed by atoms with van der Waals surface area (Å²) in [6, 6.07) is 3.97. The summed E-state index contributed by atoms with van der Waals surface area (Å²) < 4.78 is 19.2. The number of rotatable bonds is 5. The SMILES string of the molecule is CC(OCCO)(C(=O)O)c1cc(Br)ccc1F. The fourth-order valence-electron chi connectivity index (χ4n) is 1.37. The highest BCUT2D eigenvalue weighted by Gasteiger charge is 2.38. The molecule has 0 bridgehead atoms. The Kier molecular flexibility index (Phi) is 4.62. The van der Waals surface area contributed by atoms with Gasteiger partial charge in [-0.05, 0) is 25.1 Å². The minimum Gasteiger partial charge on any atom is -0.479 e. The van der Waals surface area contributed by atoms with E-state index in [-0.39, 0.29) is 18.8 Å². The number of aliphatic carboxylic acids is 1. The van der Waals surface area contributed by atoms with Crippen LogP contribution in [0.4, 0.5) is 4.39 Å². The number of carboxylic acid groups (broad SMARTS) is 1. The molecule has 0 radical (unpaired) electrons. The maximum atomic E-state index is 13.6. The number of benzene rings is 1. The van der Waals surface area contributed by atoms with E-state index in [0.717, 1.165) is 6.07 Å². The van der Waals surface area contributed by atoms with Crippen LogP contribution < -0.4 is 0 Å². The average molecular weight is 307 g/mol. The van der Waals surface area contributed by atoms with Crippen molar-refractivity contribution in [1.82, 2.24) is 0 Å². The van der Waals surface area contributed by atoms with Crippen LogP contribution in [0.3, 0.4) is 0 Å². The molecular formula is C11H12BrFO4. The van der Waals surface area contributed by atoms with Gasteiger partial charge in [0.1, 0.15) is 5.82 Å². The van der Waals surface area contributed by atoms with Gasteiger partial charge < -0.3 is 14.9 Å². The lowest BCUT2D eigenvalue weighted by atomic mass is 9.95. The number of hydrogen-bond acceptors (Lipinski definition) is 3. The van der Waals surface area contributed by atoms with E-state index in [1.165, 1.54) is 19.1 Å². The second-order valence-corrected chi connectivity index (χ2v) is 4.45. The molecule has 0 heterocycles. The van der Waals surface area contributed by atoms with Crippen molar-refractivity contribution < 1.29 is 24.1 Å². The Balaban J connectivity index is 3.21. The summed E-state index contributed by atoms with van der Waals surface area (Å²) >= 11 is 3.14. The topological polar surface area (TPSA) is 66.8 Å². The average Bonchev–Trinajstić information content (AvgIpc) is 2.29. The molecule has 0 amide bonds. The van der Waals surface area contributed by atoms with E-state index in [1.54, 1.807) is 0 Å². The third-order valence-corrected chi connectivity index (χ3v) is 2.83. The van der Waals surface area contributed by atoms with Crippen LogP contribution in [0.25, 0.3) is 0 Å². The molecule has 0 saturated heterocycles. The van der Waals surface area contributed by atoms with Crippen molar-refractivity contribution in [2.75, 3.05) is 13.2 Å². The smallest absolute Gasteiger partial charge is 0.340 e. The molecular weight excluding hydrogens is 295 g/mol. The third kappa shape index (κ3) is 3.02. The van der Waals surface area contributed by atoms with Crippen molar-refractivity contribution >= 4 is 21.9 Å². The zero-order valence-corrected chi connectivity index (χ0v) is 10.7. The largest absolute Gasteiger partial charge is 0.479 e. The third-order valence-electron chi connectivity index (χ3n) is 2.33. The molecule has 0 fully saturated rings. The Bertz CT molecular complexity index is 424. The Morgan fingerprint density at radius 3 is 2.76 bits per heavy atom. The summed E-state index contributed by atoms with van der Waals surface area (Å²) in [5.41, 5.74) is -1.91. The second kappa shape index (κ2) is 5.57. The second-order valence-electron chi connectivity index (χ2n) is 3.53. The van der Waals surface area contributed by atoms with Gasteiger partial charge in [0.25, 0.3) is 0 Å². The number of aliphatic hydroxyl groups is 1. The van der Waals surface area contributed by atoms with Gasteiger partial charge in [0.15, 0.2) is 5.60 Å². The number of ether oxygens (including phenoxy) is 1. The first-order valence-electron chi connectivity index (χ1n) is 4.85. The summed E-state index contributed by atoms with van der Waals surface area (Å²) in [6.45, 7) is 0.725. The predicted molar refractivity (Wildman–Crippen MR) is 62.1 cm³/mol. The van der Waals surface area contributed by atoms with Gasteiger partial charge in [-0.1, -0.05) is 15.9 Å². The quantitative estimate of drug-likeness (QED) is 0.872. The van der Waals surface area contributed by atoms with Gasteiger partial charge in [0.05, 0.1) is 13.2 Å². The predicted octanol–water partition coefficient (Wildman–Crippen LogP) is 1.90. The van der Waals surface area contributed by atoms with Gasteiger partial charge in [0.2, 0.25) is 0 Å². The van der Waals surface area contributed by atoms with E-state index in [1.807, 2.05) is 0 Å². The van der Waals surface area contributed by atoms with E-state index in [2.05, 4.69) is 15.9 Å². The number of halogens is 2. The minimum absolute atomic E-state index is 0.0900. The lowest BCUT2D eigenvalue weighted by molar-refractivity contribution is -0.166. The maximum absolute atomic E-state index is 13.6. The Hall–Kier alpha value is -0.980. The summed E-state index contributed by atoms with van der Waals surface area (Å²) in [4.78, 5) is 11.2. The van der Waals surface area contributed by atoms with Crippen LogP contribution in [-0.4, -0.2) is 29.4 Å². The van der Waals surface area contributed by atoms with Crippen molar-refractivity contribution in [1.29, 1.82) is 0 Å². The van der Waals surface area contributed by atoms with E-state index in [0.29, 0.717) is 4.47 Å². The molecule has 6 heteroatoms. The number of carboxylic acids is 1.